The van der Waals surface area contributed by atoms with Gasteiger partial charge in [0.25, 0.3) is 0 Å². The lowest BCUT2D eigenvalue weighted by Gasteiger charge is -2.34. The normalized spacial score (nSPS) is 10.7. The summed E-state index contributed by atoms with van der Waals surface area (Å²) >= 11 is 0. The van der Waals surface area contributed by atoms with Gasteiger partial charge in [-0.15, -0.1) is 0 Å². The van der Waals surface area contributed by atoms with Gasteiger partial charge in [-0.25, -0.2) is 0 Å². The molecule has 110 valence electrons. The van der Waals surface area contributed by atoms with Crippen LogP contribution < -0.4 is 5.11 Å². The van der Waals surface area contributed by atoms with Crippen LogP contribution in [0.15, 0.2) is 0 Å². The smallest absolute Gasteiger partial charge is 0.0757 e. The lowest BCUT2D eigenvalue weighted by Crippen LogP contribution is -2.47. The van der Waals surface area contributed by atoms with Crippen molar-refractivity contribution in [3.8, 4) is 0 Å². The molecule has 0 bridgehead atoms. The Bertz CT molecular complexity index is 171. The number of carboxylic acid groups (broad SMARTS) is 1. The summed E-state index contributed by atoms with van der Waals surface area (Å²) in [6, 6.07) is 0. The number of hydrogen-bond donors (Lipinski definition) is 0. The third-order valence-corrected chi connectivity index (χ3v) is 3.92. The summed E-state index contributed by atoms with van der Waals surface area (Å²) in [5.74, 6) is -0.925. The Morgan fingerprint density at radius 1 is 0.833 bits per heavy atom. The van der Waals surface area contributed by atoms with Crippen molar-refractivity contribution >= 4 is 5.97 Å². The third kappa shape index (κ3) is 10.6. The zero-order chi connectivity index (χ0) is 14.4. The highest BCUT2D eigenvalue weighted by Gasteiger charge is 2.16. The van der Waals surface area contributed by atoms with E-state index in [0.29, 0.717) is 0 Å². The average molecular weight is 259 g/mol. The number of carbonyl (C=O) groups excluding carboxylic acids is 1. The van der Waals surface area contributed by atoms with Gasteiger partial charge in [-0.05, 0) is 40.5 Å². The molecular weight excluding hydrogens is 226 g/mol. The van der Waals surface area contributed by atoms with Crippen molar-refractivity contribution in [2.24, 2.45) is 0 Å². The van der Waals surface area contributed by atoms with E-state index in [2.05, 4.69) is 34.6 Å². The Hall–Kier alpha value is -0.570. The molecule has 0 heterocycles. The van der Waals surface area contributed by atoms with E-state index in [1.165, 1.54) is 30.7 Å². The Kier molecular flexibility index (Phi) is 14.1. The predicted octanol–water partition coefficient (Wildman–Crippen LogP) is 2.59. The van der Waals surface area contributed by atoms with Gasteiger partial charge in [0.1, 0.15) is 0 Å². The van der Waals surface area contributed by atoms with Gasteiger partial charge in [0.15, 0.2) is 0 Å². The van der Waals surface area contributed by atoms with Crippen LogP contribution in [0.1, 0.15) is 66.7 Å². The maximum atomic E-state index is 9.85. The second-order valence-corrected chi connectivity index (χ2v) is 4.79. The molecule has 0 amide bonds. The fraction of sp³-hybridized carbons (Fsp3) is 0.933. The first-order chi connectivity index (χ1) is 8.51. The molecule has 0 atom stereocenters. The summed E-state index contributed by atoms with van der Waals surface area (Å²) in [5, 5.41) is 9.85. The summed E-state index contributed by atoms with van der Waals surface area (Å²) in [6.45, 7) is 16.3. The summed E-state index contributed by atoms with van der Waals surface area (Å²) < 4.78 is 1.28. The van der Waals surface area contributed by atoms with Crippen molar-refractivity contribution in [3.63, 3.8) is 0 Å². The third-order valence-electron chi connectivity index (χ3n) is 3.92. The molecule has 0 aliphatic rings. The number of hydrogen-bond acceptors (Lipinski definition) is 2. The standard InChI is InChI=1S/C8H20N.C7H14O2/c1-5-9(6-2,7-3)8-4;1-2-3-4-5-6-7(8)9/h5-8H2,1-4H3;2-6H2,1H3,(H,8,9)/q+1;/p-1. The maximum absolute atomic E-state index is 9.85. The van der Waals surface area contributed by atoms with E-state index in [1.807, 2.05) is 0 Å². The molecule has 0 radical (unpaired) electrons. The van der Waals surface area contributed by atoms with Gasteiger partial charge in [0.05, 0.1) is 26.2 Å². The number of unbranched alkanes of at least 4 members (excludes halogenated alkanes) is 3. The fourth-order valence-corrected chi connectivity index (χ4v) is 2.04. The molecule has 3 nitrogen and oxygen atoms in total. The largest absolute Gasteiger partial charge is 0.550 e. The summed E-state index contributed by atoms with van der Waals surface area (Å²) in [4.78, 5) is 9.85. The molecule has 0 fully saturated rings. The van der Waals surface area contributed by atoms with Crippen molar-refractivity contribution in [2.75, 3.05) is 26.2 Å². The molecule has 0 aromatic rings. The van der Waals surface area contributed by atoms with Crippen LogP contribution in [0.4, 0.5) is 0 Å². The number of quaternary nitrogens is 1. The monoisotopic (exact) mass is 259 g/mol. The molecule has 18 heavy (non-hydrogen) atoms. The van der Waals surface area contributed by atoms with Crippen LogP contribution in [0.25, 0.3) is 0 Å². The molecule has 0 saturated heterocycles. The minimum absolute atomic E-state index is 0.222. The van der Waals surface area contributed by atoms with E-state index in [4.69, 9.17) is 0 Å². The molecule has 0 unspecified atom stereocenters. The van der Waals surface area contributed by atoms with E-state index in [9.17, 15) is 9.90 Å². The van der Waals surface area contributed by atoms with Gasteiger partial charge in [0.2, 0.25) is 0 Å². The number of nitrogens with zero attached hydrogens (tertiary/aromatic N) is 1. The summed E-state index contributed by atoms with van der Waals surface area (Å²) in [6.07, 6.45) is 4.29. The maximum Gasteiger partial charge on any atom is 0.0757 e. The number of aliphatic carboxylic acids is 1. The SMILES string of the molecule is CCCCCCC(=O)[O-].CC[N+](CC)(CC)CC. The van der Waals surface area contributed by atoms with Crippen molar-refractivity contribution in [2.45, 2.75) is 66.7 Å². The zero-order valence-electron chi connectivity index (χ0n) is 13.1. The van der Waals surface area contributed by atoms with E-state index < -0.39 is 5.97 Å². The molecule has 0 rings (SSSR count). The lowest BCUT2D eigenvalue weighted by molar-refractivity contribution is -0.921. The second kappa shape index (κ2) is 12.9. The van der Waals surface area contributed by atoms with Gasteiger partial charge in [-0.3, -0.25) is 0 Å². The van der Waals surface area contributed by atoms with E-state index in [0.717, 1.165) is 25.7 Å². The Labute approximate surface area is 114 Å². The Morgan fingerprint density at radius 3 is 1.50 bits per heavy atom. The van der Waals surface area contributed by atoms with Crippen molar-refractivity contribution in [1.82, 2.24) is 0 Å². The van der Waals surface area contributed by atoms with Crippen LogP contribution in [0, 0.1) is 0 Å². The van der Waals surface area contributed by atoms with Crippen molar-refractivity contribution in [3.05, 3.63) is 0 Å². The molecule has 0 saturated carbocycles. The van der Waals surface area contributed by atoms with Gasteiger partial charge >= 0.3 is 0 Å². The number of carboxylic acids is 1. The lowest BCUT2D eigenvalue weighted by atomic mass is 10.2. The molecule has 3 heteroatoms. The molecule has 0 aromatic heterocycles. The minimum Gasteiger partial charge on any atom is -0.550 e. The van der Waals surface area contributed by atoms with E-state index in [-0.39, 0.29) is 6.42 Å². The van der Waals surface area contributed by atoms with E-state index >= 15 is 0 Å². The van der Waals surface area contributed by atoms with Crippen LogP contribution in [-0.4, -0.2) is 36.6 Å². The van der Waals surface area contributed by atoms with Crippen LogP contribution >= 0.6 is 0 Å². The van der Waals surface area contributed by atoms with Crippen LogP contribution in [0.5, 0.6) is 0 Å². The fourth-order valence-electron chi connectivity index (χ4n) is 2.04. The van der Waals surface area contributed by atoms with Crippen molar-refractivity contribution in [1.29, 1.82) is 0 Å². The van der Waals surface area contributed by atoms with Crippen LogP contribution in [0.3, 0.4) is 0 Å². The Morgan fingerprint density at radius 2 is 1.28 bits per heavy atom. The quantitative estimate of drug-likeness (QED) is 0.472. The van der Waals surface area contributed by atoms with Crippen molar-refractivity contribution < 1.29 is 14.4 Å². The molecule has 0 spiro atoms. The first-order valence-corrected chi connectivity index (χ1v) is 7.56. The highest BCUT2D eigenvalue weighted by Crippen LogP contribution is 2.03. The summed E-state index contributed by atoms with van der Waals surface area (Å²) in [7, 11) is 0. The Balaban J connectivity index is 0. The molecular formula is C15H33NO2. The molecule has 0 aliphatic heterocycles. The van der Waals surface area contributed by atoms with Gasteiger partial charge in [0, 0.05) is 5.97 Å². The first-order valence-electron chi connectivity index (χ1n) is 7.56. The van der Waals surface area contributed by atoms with E-state index in [1.54, 1.807) is 0 Å². The van der Waals surface area contributed by atoms with Gasteiger partial charge in [-0.2, -0.15) is 0 Å². The number of rotatable bonds is 9. The van der Waals surface area contributed by atoms with Crippen LogP contribution in [0.2, 0.25) is 0 Å². The highest BCUT2D eigenvalue weighted by atomic mass is 16.4. The average Bonchev–Trinajstić information content (AvgIpc) is 2.39. The highest BCUT2D eigenvalue weighted by molar-refractivity contribution is 5.63. The molecule has 0 aromatic carbocycles. The van der Waals surface area contributed by atoms with Crippen LogP contribution in [-0.2, 0) is 4.79 Å². The second-order valence-electron chi connectivity index (χ2n) is 4.79. The van der Waals surface area contributed by atoms with Gasteiger partial charge in [-0.1, -0.05) is 26.2 Å². The predicted molar refractivity (Wildman–Crippen MR) is 76.2 cm³/mol. The molecule has 0 aliphatic carbocycles. The first kappa shape index (κ1) is 19.8. The molecule has 0 N–H and O–H groups in total. The van der Waals surface area contributed by atoms with Gasteiger partial charge < -0.3 is 14.4 Å². The minimum atomic E-state index is -0.925. The topological polar surface area (TPSA) is 40.1 Å². The number of carbonyl (C=O) groups is 1. The zero-order valence-corrected chi connectivity index (χ0v) is 13.1. The summed E-state index contributed by atoms with van der Waals surface area (Å²) in [5.41, 5.74) is 0.